The summed E-state index contributed by atoms with van der Waals surface area (Å²) in [5, 5.41) is 0. The van der Waals surface area contributed by atoms with Crippen LogP contribution in [0.25, 0.3) is 0 Å². The Morgan fingerprint density at radius 3 is 2.29 bits per heavy atom. The van der Waals surface area contributed by atoms with Crippen LogP contribution in [0.15, 0.2) is 0 Å². The zero-order valence-corrected chi connectivity index (χ0v) is 10.1. The SMILES string of the molecule is CCC(CC)C(=O)N(C)CCC(N)=S. The van der Waals surface area contributed by atoms with Gasteiger partial charge in [0, 0.05) is 25.9 Å². The Morgan fingerprint density at radius 1 is 1.43 bits per heavy atom. The summed E-state index contributed by atoms with van der Waals surface area (Å²) in [7, 11) is 1.80. The summed E-state index contributed by atoms with van der Waals surface area (Å²) < 4.78 is 0. The molecule has 82 valence electrons. The second-order valence-corrected chi connectivity index (χ2v) is 4.01. The molecule has 0 radical (unpaired) electrons. The number of thiocarbonyl (C=S) groups is 1. The van der Waals surface area contributed by atoms with Gasteiger partial charge in [-0.25, -0.2) is 0 Å². The van der Waals surface area contributed by atoms with Crippen molar-refractivity contribution in [2.75, 3.05) is 13.6 Å². The van der Waals surface area contributed by atoms with E-state index in [2.05, 4.69) is 0 Å². The van der Waals surface area contributed by atoms with E-state index < -0.39 is 0 Å². The molecule has 0 rings (SSSR count). The fourth-order valence-electron chi connectivity index (χ4n) is 1.34. The Balaban J connectivity index is 4.03. The molecule has 0 aliphatic heterocycles. The van der Waals surface area contributed by atoms with E-state index in [0.717, 1.165) is 12.8 Å². The van der Waals surface area contributed by atoms with Crippen molar-refractivity contribution in [1.82, 2.24) is 4.90 Å². The lowest BCUT2D eigenvalue weighted by molar-refractivity contribution is -0.134. The van der Waals surface area contributed by atoms with Crippen molar-refractivity contribution < 1.29 is 4.79 Å². The molecule has 0 aliphatic rings. The topological polar surface area (TPSA) is 46.3 Å². The first-order chi connectivity index (χ1) is 6.52. The minimum Gasteiger partial charge on any atom is -0.393 e. The predicted molar refractivity (Wildman–Crippen MR) is 63.1 cm³/mol. The molecular weight excluding hydrogens is 196 g/mol. The average molecular weight is 216 g/mol. The van der Waals surface area contributed by atoms with Gasteiger partial charge in [-0.2, -0.15) is 0 Å². The van der Waals surface area contributed by atoms with Crippen LogP contribution in [0.3, 0.4) is 0 Å². The van der Waals surface area contributed by atoms with Gasteiger partial charge in [-0.15, -0.1) is 0 Å². The highest BCUT2D eigenvalue weighted by Crippen LogP contribution is 2.10. The maximum atomic E-state index is 11.8. The van der Waals surface area contributed by atoms with Gasteiger partial charge in [0.15, 0.2) is 0 Å². The van der Waals surface area contributed by atoms with Crippen molar-refractivity contribution in [3.05, 3.63) is 0 Å². The van der Waals surface area contributed by atoms with Gasteiger partial charge >= 0.3 is 0 Å². The van der Waals surface area contributed by atoms with Gasteiger partial charge in [0.2, 0.25) is 5.91 Å². The van der Waals surface area contributed by atoms with Gasteiger partial charge in [0.25, 0.3) is 0 Å². The lowest BCUT2D eigenvalue weighted by atomic mass is 10.0. The van der Waals surface area contributed by atoms with Crippen LogP contribution in [0.2, 0.25) is 0 Å². The molecule has 0 heterocycles. The maximum absolute atomic E-state index is 11.8. The zero-order chi connectivity index (χ0) is 11.1. The summed E-state index contributed by atoms with van der Waals surface area (Å²) in [5.41, 5.74) is 5.38. The van der Waals surface area contributed by atoms with Crippen LogP contribution in [-0.2, 0) is 4.79 Å². The van der Waals surface area contributed by atoms with E-state index in [9.17, 15) is 4.79 Å². The third kappa shape index (κ3) is 4.56. The molecule has 0 saturated heterocycles. The molecule has 0 saturated carbocycles. The standard InChI is InChI=1S/C10H20N2OS/c1-4-8(5-2)10(13)12(3)7-6-9(11)14/h8H,4-7H2,1-3H3,(H2,11,14). The number of rotatable bonds is 6. The van der Waals surface area contributed by atoms with Crippen LogP contribution < -0.4 is 5.73 Å². The van der Waals surface area contributed by atoms with Crippen LogP contribution >= 0.6 is 12.2 Å². The molecule has 0 aliphatic carbocycles. The predicted octanol–water partition coefficient (Wildman–Crippen LogP) is 1.56. The molecule has 1 amide bonds. The Morgan fingerprint density at radius 2 is 1.93 bits per heavy atom. The van der Waals surface area contributed by atoms with Crippen molar-refractivity contribution in [2.24, 2.45) is 11.7 Å². The van der Waals surface area contributed by atoms with Gasteiger partial charge in [-0.1, -0.05) is 26.1 Å². The first-order valence-corrected chi connectivity index (χ1v) is 5.47. The van der Waals surface area contributed by atoms with E-state index in [1.807, 2.05) is 13.8 Å². The number of nitrogens with two attached hydrogens (primary N) is 1. The van der Waals surface area contributed by atoms with Crippen LogP contribution in [0.4, 0.5) is 0 Å². The van der Waals surface area contributed by atoms with Gasteiger partial charge < -0.3 is 10.6 Å². The van der Waals surface area contributed by atoms with E-state index in [1.54, 1.807) is 11.9 Å². The van der Waals surface area contributed by atoms with Crippen molar-refractivity contribution in [3.63, 3.8) is 0 Å². The quantitative estimate of drug-likeness (QED) is 0.685. The van der Waals surface area contributed by atoms with E-state index in [4.69, 9.17) is 18.0 Å². The largest absolute Gasteiger partial charge is 0.393 e. The summed E-state index contributed by atoms with van der Waals surface area (Å²) in [6, 6.07) is 0. The summed E-state index contributed by atoms with van der Waals surface area (Å²) in [4.78, 5) is 13.9. The number of amides is 1. The lowest BCUT2D eigenvalue weighted by Gasteiger charge is -2.21. The normalized spacial score (nSPS) is 10.3. The number of nitrogens with zero attached hydrogens (tertiary/aromatic N) is 1. The molecule has 14 heavy (non-hydrogen) atoms. The molecule has 2 N–H and O–H groups in total. The second kappa shape index (κ2) is 6.76. The van der Waals surface area contributed by atoms with E-state index >= 15 is 0 Å². The zero-order valence-electron chi connectivity index (χ0n) is 9.25. The molecule has 0 atom stereocenters. The van der Waals surface area contributed by atoms with E-state index in [0.29, 0.717) is 18.0 Å². The summed E-state index contributed by atoms with van der Waals surface area (Å²) in [5.74, 6) is 0.345. The van der Waals surface area contributed by atoms with Crippen molar-refractivity contribution >= 4 is 23.1 Å². The first kappa shape index (κ1) is 13.4. The second-order valence-electron chi connectivity index (χ2n) is 3.49. The van der Waals surface area contributed by atoms with Gasteiger partial charge in [0.1, 0.15) is 0 Å². The number of carbonyl (C=O) groups is 1. The Labute approximate surface area is 91.6 Å². The molecular formula is C10H20N2OS. The smallest absolute Gasteiger partial charge is 0.225 e. The fourth-order valence-corrected chi connectivity index (χ4v) is 1.43. The van der Waals surface area contributed by atoms with Crippen molar-refractivity contribution in [3.8, 4) is 0 Å². The summed E-state index contributed by atoms with van der Waals surface area (Å²) in [6.45, 7) is 4.70. The summed E-state index contributed by atoms with van der Waals surface area (Å²) >= 11 is 4.76. The molecule has 0 spiro atoms. The Bertz CT molecular complexity index is 202. The van der Waals surface area contributed by atoms with Crippen LogP contribution in [0.5, 0.6) is 0 Å². The molecule has 0 bridgehead atoms. The lowest BCUT2D eigenvalue weighted by Crippen LogP contribution is -2.34. The molecule has 0 aromatic rings. The minimum absolute atomic E-state index is 0.145. The average Bonchev–Trinajstić information content (AvgIpc) is 2.15. The van der Waals surface area contributed by atoms with Gasteiger partial charge in [0.05, 0.1) is 4.99 Å². The van der Waals surface area contributed by atoms with Gasteiger partial charge in [-0.3, -0.25) is 4.79 Å². The molecule has 3 nitrogen and oxygen atoms in total. The fraction of sp³-hybridized carbons (Fsp3) is 0.800. The maximum Gasteiger partial charge on any atom is 0.225 e. The monoisotopic (exact) mass is 216 g/mol. The third-order valence-corrected chi connectivity index (χ3v) is 2.61. The van der Waals surface area contributed by atoms with E-state index in [-0.39, 0.29) is 11.8 Å². The van der Waals surface area contributed by atoms with Crippen LogP contribution in [0, 0.1) is 5.92 Å². The molecule has 0 aromatic heterocycles. The molecule has 0 aromatic carbocycles. The molecule has 0 fully saturated rings. The van der Waals surface area contributed by atoms with Crippen LogP contribution in [-0.4, -0.2) is 29.4 Å². The first-order valence-electron chi connectivity index (χ1n) is 5.06. The third-order valence-electron chi connectivity index (χ3n) is 2.40. The summed E-state index contributed by atoms with van der Waals surface area (Å²) in [6.07, 6.45) is 2.40. The molecule has 4 heteroatoms. The number of hydrogen-bond acceptors (Lipinski definition) is 2. The number of hydrogen-bond donors (Lipinski definition) is 1. The number of carbonyl (C=O) groups excluding carboxylic acids is 1. The molecule has 0 unspecified atom stereocenters. The van der Waals surface area contributed by atoms with Crippen molar-refractivity contribution in [2.45, 2.75) is 33.1 Å². The Kier molecular flexibility index (Phi) is 6.45. The highest BCUT2D eigenvalue weighted by atomic mass is 32.1. The highest BCUT2D eigenvalue weighted by Gasteiger charge is 2.17. The highest BCUT2D eigenvalue weighted by molar-refractivity contribution is 7.80. The van der Waals surface area contributed by atoms with E-state index in [1.165, 1.54) is 0 Å². The van der Waals surface area contributed by atoms with Crippen molar-refractivity contribution in [1.29, 1.82) is 0 Å². The van der Waals surface area contributed by atoms with Gasteiger partial charge in [-0.05, 0) is 12.8 Å². The Hall–Kier alpha value is -0.640. The minimum atomic E-state index is 0.145. The van der Waals surface area contributed by atoms with Crippen LogP contribution in [0.1, 0.15) is 33.1 Å².